The van der Waals surface area contributed by atoms with Crippen LogP contribution in [0.25, 0.3) is 0 Å². The molecule has 1 aromatic carbocycles. The van der Waals surface area contributed by atoms with E-state index in [1.807, 2.05) is 6.92 Å². The fraction of sp³-hybridized carbons (Fsp3) is 0.214. The second kappa shape index (κ2) is 5.54. The summed E-state index contributed by atoms with van der Waals surface area (Å²) in [7, 11) is -3.79. The van der Waals surface area contributed by atoms with Gasteiger partial charge in [0.25, 0.3) is 10.0 Å². The molecule has 0 aliphatic rings. The van der Waals surface area contributed by atoms with Gasteiger partial charge in [0.15, 0.2) is 5.15 Å². The van der Waals surface area contributed by atoms with E-state index in [1.54, 1.807) is 26.0 Å². The van der Waals surface area contributed by atoms with Crippen molar-refractivity contribution in [2.45, 2.75) is 25.7 Å². The lowest BCUT2D eigenvalue weighted by Crippen LogP contribution is -2.16. The van der Waals surface area contributed by atoms with Crippen molar-refractivity contribution >= 4 is 33.0 Å². The lowest BCUT2D eigenvalue weighted by molar-refractivity contribution is 0.600. The number of anilines is 2. The Balaban J connectivity index is 2.54. The van der Waals surface area contributed by atoms with Gasteiger partial charge < -0.3 is 5.73 Å². The first-order valence-electron chi connectivity index (χ1n) is 6.23. The molecule has 0 fully saturated rings. The van der Waals surface area contributed by atoms with E-state index in [2.05, 4.69) is 9.71 Å². The van der Waals surface area contributed by atoms with Gasteiger partial charge in [-0.1, -0.05) is 11.6 Å². The zero-order valence-electron chi connectivity index (χ0n) is 11.9. The summed E-state index contributed by atoms with van der Waals surface area (Å²) in [5, 5.41) is 0.108. The molecule has 5 nitrogen and oxygen atoms in total. The number of aryl methyl sites for hydroxylation is 2. The zero-order valence-corrected chi connectivity index (χ0v) is 13.5. The second-order valence-corrected chi connectivity index (χ2v) is 6.87. The largest absolute Gasteiger partial charge is 0.399 e. The zero-order chi connectivity index (χ0) is 15.8. The molecule has 3 N–H and O–H groups in total. The topological polar surface area (TPSA) is 85.1 Å². The third-order valence-corrected chi connectivity index (χ3v) is 5.04. The molecule has 0 atom stereocenters. The van der Waals surface area contributed by atoms with E-state index in [0.29, 0.717) is 16.8 Å². The number of sulfonamides is 1. The molecule has 112 valence electrons. The van der Waals surface area contributed by atoms with Gasteiger partial charge in [0.2, 0.25) is 0 Å². The maximum absolute atomic E-state index is 12.6. The van der Waals surface area contributed by atoms with Gasteiger partial charge in [-0.15, -0.1) is 0 Å². The Morgan fingerprint density at radius 3 is 2.48 bits per heavy atom. The number of nitrogen functional groups attached to an aromatic ring is 1. The molecular weight excluding hydrogens is 310 g/mol. The molecule has 1 aromatic heterocycles. The van der Waals surface area contributed by atoms with Crippen LogP contribution in [0.2, 0.25) is 5.15 Å². The number of pyridine rings is 1. The Bertz CT molecular complexity index is 784. The average molecular weight is 326 g/mol. The average Bonchev–Trinajstić information content (AvgIpc) is 2.38. The highest BCUT2D eigenvalue weighted by Gasteiger charge is 2.21. The predicted octanol–water partition coefficient (Wildman–Crippen LogP) is 3.04. The van der Waals surface area contributed by atoms with E-state index < -0.39 is 10.0 Å². The summed E-state index contributed by atoms with van der Waals surface area (Å²) in [5.41, 5.74) is 8.57. The highest BCUT2D eigenvalue weighted by Crippen LogP contribution is 2.28. The standard InChI is InChI=1S/C14H16ClN3O2S/c1-8-4-5-17-14(15)13(8)18-21(19,20)12-7-11(16)6-9(2)10(12)3/h4-7,18H,16H2,1-3H3. The van der Waals surface area contributed by atoms with Gasteiger partial charge in [-0.3, -0.25) is 4.72 Å². The Hall–Kier alpha value is -1.79. The minimum absolute atomic E-state index is 0.108. The minimum atomic E-state index is -3.79. The van der Waals surface area contributed by atoms with Crippen LogP contribution in [0.4, 0.5) is 11.4 Å². The van der Waals surface area contributed by atoms with Crippen LogP contribution in [0.15, 0.2) is 29.3 Å². The third-order valence-electron chi connectivity index (χ3n) is 3.28. The predicted molar refractivity (Wildman–Crippen MR) is 85.1 cm³/mol. The van der Waals surface area contributed by atoms with Crippen LogP contribution < -0.4 is 10.5 Å². The molecule has 0 aliphatic carbocycles. The maximum atomic E-state index is 12.6. The molecule has 0 aliphatic heterocycles. The second-order valence-electron chi connectivity index (χ2n) is 4.86. The molecule has 0 unspecified atom stereocenters. The van der Waals surface area contributed by atoms with E-state index in [-0.39, 0.29) is 15.7 Å². The van der Waals surface area contributed by atoms with Crippen molar-refractivity contribution in [2.75, 3.05) is 10.5 Å². The van der Waals surface area contributed by atoms with E-state index in [9.17, 15) is 8.42 Å². The highest BCUT2D eigenvalue weighted by atomic mass is 35.5. The monoisotopic (exact) mass is 325 g/mol. The number of halogens is 1. The highest BCUT2D eigenvalue weighted by molar-refractivity contribution is 7.92. The molecule has 2 rings (SSSR count). The fourth-order valence-electron chi connectivity index (χ4n) is 1.97. The van der Waals surface area contributed by atoms with Crippen LogP contribution in [0.5, 0.6) is 0 Å². The van der Waals surface area contributed by atoms with Gasteiger partial charge in [-0.2, -0.15) is 0 Å². The van der Waals surface area contributed by atoms with Crippen molar-refractivity contribution < 1.29 is 8.42 Å². The van der Waals surface area contributed by atoms with Crippen molar-refractivity contribution in [3.05, 3.63) is 46.2 Å². The summed E-state index contributed by atoms with van der Waals surface area (Å²) >= 11 is 5.96. The van der Waals surface area contributed by atoms with Gasteiger partial charge in [-0.25, -0.2) is 13.4 Å². The minimum Gasteiger partial charge on any atom is -0.399 e. The summed E-state index contributed by atoms with van der Waals surface area (Å²) in [4.78, 5) is 4.03. The number of rotatable bonds is 3. The molecule has 0 spiro atoms. The molecular formula is C14H16ClN3O2S. The van der Waals surface area contributed by atoms with Gasteiger partial charge in [-0.05, 0) is 55.7 Å². The molecule has 0 saturated carbocycles. The van der Waals surface area contributed by atoms with E-state index in [1.165, 1.54) is 12.3 Å². The van der Waals surface area contributed by atoms with Gasteiger partial charge in [0.1, 0.15) is 0 Å². The van der Waals surface area contributed by atoms with Crippen molar-refractivity contribution in [3.8, 4) is 0 Å². The first kappa shape index (κ1) is 15.6. The normalized spacial score (nSPS) is 11.4. The van der Waals surface area contributed by atoms with Crippen LogP contribution in [0.3, 0.4) is 0 Å². The lowest BCUT2D eigenvalue weighted by Gasteiger charge is -2.14. The van der Waals surface area contributed by atoms with Gasteiger partial charge in [0, 0.05) is 11.9 Å². The van der Waals surface area contributed by atoms with E-state index >= 15 is 0 Å². The summed E-state index contributed by atoms with van der Waals surface area (Å²) in [6.07, 6.45) is 1.52. The van der Waals surface area contributed by atoms with Crippen LogP contribution in [0.1, 0.15) is 16.7 Å². The molecule has 0 bridgehead atoms. The first-order chi connectivity index (χ1) is 9.72. The van der Waals surface area contributed by atoms with Crippen molar-refractivity contribution in [3.63, 3.8) is 0 Å². The SMILES string of the molecule is Cc1cc(N)cc(S(=O)(=O)Nc2c(C)ccnc2Cl)c1C. The quantitative estimate of drug-likeness (QED) is 0.671. The summed E-state index contributed by atoms with van der Waals surface area (Å²) < 4.78 is 27.6. The third kappa shape index (κ3) is 3.11. The Kier molecular flexibility index (Phi) is 4.11. The van der Waals surface area contributed by atoms with Crippen molar-refractivity contribution in [1.29, 1.82) is 0 Å². The summed E-state index contributed by atoms with van der Waals surface area (Å²) in [6.45, 7) is 5.30. The van der Waals surface area contributed by atoms with Crippen LogP contribution >= 0.6 is 11.6 Å². The van der Waals surface area contributed by atoms with Crippen LogP contribution in [-0.4, -0.2) is 13.4 Å². The van der Waals surface area contributed by atoms with Gasteiger partial charge >= 0.3 is 0 Å². The Morgan fingerprint density at radius 2 is 1.86 bits per heavy atom. The maximum Gasteiger partial charge on any atom is 0.262 e. The number of nitrogens with two attached hydrogens (primary N) is 1. The molecule has 2 aromatic rings. The lowest BCUT2D eigenvalue weighted by atomic mass is 10.1. The van der Waals surface area contributed by atoms with Crippen LogP contribution in [-0.2, 0) is 10.0 Å². The summed E-state index contributed by atoms with van der Waals surface area (Å²) in [6, 6.07) is 4.85. The number of nitrogens with zero attached hydrogens (tertiary/aromatic N) is 1. The molecule has 0 amide bonds. The number of hydrogen-bond donors (Lipinski definition) is 2. The number of aromatic nitrogens is 1. The number of benzene rings is 1. The number of nitrogens with one attached hydrogen (secondary N) is 1. The van der Waals surface area contributed by atoms with Crippen LogP contribution in [0, 0.1) is 20.8 Å². The fourth-order valence-corrected chi connectivity index (χ4v) is 3.77. The smallest absolute Gasteiger partial charge is 0.262 e. The molecule has 21 heavy (non-hydrogen) atoms. The molecule has 7 heteroatoms. The van der Waals surface area contributed by atoms with Gasteiger partial charge in [0.05, 0.1) is 10.6 Å². The van der Waals surface area contributed by atoms with E-state index in [0.717, 1.165) is 5.56 Å². The van der Waals surface area contributed by atoms with Crippen molar-refractivity contribution in [2.24, 2.45) is 0 Å². The number of hydrogen-bond acceptors (Lipinski definition) is 4. The first-order valence-corrected chi connectivity index (χ1v) is 8.09. The Morgan fingerprint density at radius 1 is 1.19 bits per heavy atom. The Labute approximate surface area is 129 Å². The molecule has 0 radical (unpaired) electrons. The summed E-state index contributed by atoms with van der Waals surface area (Å²) in [5.74, 6) is 0. The molecule has 0 saturated heterocycles. The molecule has 1 heterocycles. The van der Waals surface area contributed by atoms with E-state index in [4.69, 9.17) is 17.3 Å². The van der Waals surface area contributed by atoms with Crippen molar-refractivity contribution in [1.82, 2.24) is 4.98 Å².